The third-order valence-electron chi connectivity index (χ3n) is 4.57. The molecule has 3 aliphatic rings. The molecular formula is C15H28IN5OS. The molecule has 1 aliphatic carbocycles. The number of piperazine rings is 1. The number of carbonyl (C=O) groups excluding carboxylic acids is 1. The van der Waals surface area contributed by atoms with Gasteiger partial charge in [-0.1, -0.05) is 0 Å². The predicted molar refractivity (Wildman–Crippen MR) is 107 cm³/mol. The molecule has 2 heterocycles. The Kier molecular flexibility index (Phi) is 7.74. The van der Waals surface area contributed by atoms with Crippen molar-refractivity contribution in [2.24, 2.45) is 4.99 Å². The summed E-state index contributed by atoms with van der Waals surface area (Å²) < 4.78 is 0. The normalized spacial score (nSPS) is 23.7. The Morgan fingerprint density at radius 2 is 2.00 bits per heavy atom. The average molecular weight is 453 g/mol. The van der Waals surface area contributed by atoms with Crippen LogP contribution in [0.5, 0.6) is 0 Å². The molecule has 1 N–H and O–H groups in total. The SMILES string of the molecule is CN=C(NCCN1CCSCC1)N1CCN(C2CC2)C(=O)C1.I. The molecule has 0 unspecified atom stereocenters. The van der Waals surface area contributed by atoms with Gasteiger partial charge in [0.2, 0.25) is 5.91 Å². The van der Waals surface area contributed by atoms with Gasteiger partial charge in [-0.3, -0.25) is 14.7 Å². The molecule has 2 aliphatic heterocycles. The molecule has 0 radical (unpaired) electrons. The number of hydrogen-bond donors (Lipinski definition) is 1. The van der Waals surface area contributed by atoms with Crippen LogP contribution in [0.15, 0.2) is 4.99 Å². The van der Waals surface area contributed by atoms with E-state index in [1.54, 1.807) is 7.05 Å². The Hall–Kier alpha value is -0.220. The number of nitrogens with zero attached hydrogens (tertiary/aromatic N) is 4. The lowest BCUT2D eigenvalue weighted by molar-refractivity contribution is -0.135. The Bertz CT molecular complexity index is 426. The van der Waals surface area contributed by atoms with E-state index in [0.717, 1.165) is 32.1 Å². The Morgan fingerprint density at radius 1 is 1.26 bits per heavy atom. The molecule has 0 aromatic heterocycles. The van der Waals surface area contributed by atoms with Crippen molar-refractivity contribution in [2.45, 2.75) is 18.9 Å². The van der Waals surface area contributed by atoms with E-state index in [1.807, 2.05) is 11.8 Å². The first-order chi connectivity index (χ1) is 10.8. The fourth-order valence-corrected chi connectivity index (χ4v) is 4.10. The fourth-order valence-electron chi connectivity index (χ4n) is 3.12. The zero-order chi connectivity index (χ0) is 15.4. The van der Waals surface area contributed by atoms with Gasteiger partial charge in [0.1, 0.15) is 0 Å². The van der Waals surface area contributed by atoms with Crippen LogP contribution in [0.1, 0.15) is 12.8 Å². The van der Waals surface area contributed by atoms with Crippen molar-refractivity contribution in [2.75, 3.05) is 64.4 Å². The van der Waals surface area contributed by atoms with Gasteiger partial charge >= 0.3 is 0 Å². The Labute approximate surface area is 160 Å². The van der Waals surface area contributed by atoms with Crippen LogP contribution in [0, 0.1) is 0 Å². The topological polar surface area (TPSA) is 51.2 Å². The van der Waals surface area contributed by atoms with E-state index in [0.29, 0.717) is 12.6 Å². The number of rotatable bonds is 4. The van der Waals surface area contributed by atoms with Gasteiger partial charge in [-0.05, 0) is 12.8 Å². The molecule has 0 aromatic rings. The maximum absolute atomic E-state index is 12.2. The Morgan fingerprint density at radius 3 is 2.61 bits per heavy atom. The lowest BCUT2D eigenvalue weighted by Crippen LogP contribution is -2.56. The number of hydrogen-bond acceptors (Lipinski definition) is 4. The van der Waals surface area contributed by atoms with Crippen molar-refractivity contribution < 1.29 is 4.79 Å². The number of carbonyl (C=O) groups is 1. The summed E-state index contributed by atoms with van der Waals surface area (Å²) in [4.78, 5) is 23.2. The molecule has 3 fully saturated rings. The van der Waals surface area contributed by atoms with Crippen molar-refractivity contribution in [3.8, 4) is 0 Å². The molecule has 3 rings (SSSR count). The quantitative estimate of drug-likeness (QED) is 0.383. The highest BCUT2D eigenvalue weighted by Gasteiger charge is 2.36. The summed E-state index contributed by atoms with van der Waals surface area (Å²) in [6.07, 6.45) is 2.37. The van der Waals surface area contributed by atoms with Gasteiger partial charge < -0.3 is 15.1 Å². The zero-order valence-electron chi connectivity index (χ0n) is 13.9. The molecular weight excluding hydrogens is 425 g/mol. The van der Waals surface area contributed by atoms with E-state index in [1.165, 1.54) is 37.4 Å². The smallest absolute Gasteiger partial charge is 0.242 e. The summed E-state index contributed by atoms with van der Waals surface area (Å²) in [5.74, 6) is 3.61. The molecule has 6 nitrogen and oxygen atoms in total. The number of nitrogens with one attached hydrogen (secondary N) is 1. The largest absolute Gasteiger partial charge is 0.355 e. The summed E-state index contributed by atoms with van der Waals surface area (Å²) in [5, 5.41) is 3.42. The highest BCUT2D eigenvalue weighted by molar-refractivity contribution is 14.0. The molecule has 1 amide bonds. The average Bonchev–Trinajstić information content (AvgIpc) is 3.37. The lowest BCUT2D eigenvalue weighted by atomic mass is 10.3. The molecule has 0 atom stereocenters. The van der Waals surface area contributed by atoms with Crippen LogP contribution in [0.25, 0.3) is 0 Å². The second-order valence-corrected chi connectivity index (χ2v) is 7.39. The van der Waals surface area contributed by atoms with Gasteiger partial charge in [-0.25, -0.2) is 0 Å². The third kappa shape index (κ3) is 5.38. The van der Waals surface area contributed by atoms with Crippen LogP contribution in [-0.2, 0) is 4.79 Å². The standard InChI is InChI=1S/C15H27N5OS.HI/c1-16-15(17-4-5-18-8-10-22-11-9-18)19-6-7-20(13-2-3-13)14(21)12-19;/h13H,2-12H2,1H3,(H,16,17);1H. The van der Waals surface area contributed by atoms with Crippen molar-refractivity contribution in [1.29, 1.82) is 0 Å². The summed E-state index contributed by atoms with van der Waals surface area (Å²) in [6, 6.07) is 0.529. The van der Waals surface area contributed by atoms with E-state index in [9.17, 15) is 4.79 Å². The van der Waals surface area contributed by atoms with Gasteiger partial charge in [0.05, 0.1) is 6.54 Å². The third-order valence-corrected chi connectivity index (χ3v) is 5.51. The molecule has 1 saturated carbocycles. The summed E-state index contributed by atoms with van der Waals surface area (Å²) in [7, 11) is 1.80. The van der Waals surface area contributed by atoms with Gasteiger partial charge in [0.15, 0.2) is 5.96 Å². The van der Waals surface area contributed by atoms with Crippen LogP contribution in [0.3, 0.4) is 0 Å². The number of aliphatic imine (C=N–C) groups is 1. The molecule has 8 heteroatoms. The van der Waals surface area contributed by atoms with Crippen LogP contribution in [0.4, 0.5) is 0 Å². The number of guanidine groups is 1. The van der Waals surface area contributed by atoms with E-state index >= 15 is 0 Å². The number of amides is 1. The number of thioether (sulfide) groups is 1. The van der Waals surface area contributed by atoms with Crippen LogP contribution >= 0.6 is 35.7 Å². The van der Waals surface area contributed by atoms with Crippen LogP contribution in [0.2, 0.25) is 0 Å². The summed E-state index contributed by atoms with van der Waals surface area (Å²) in [5.41, 5.74) is 0. The van der Waals surface area contributed by atoms with Gasteiger partial charge in [0, 0.05) is 63.9 Å². The van der Waals surface area contributed by atoms with E-state index in [4.69, 9.17) is 0 Å². The molecule has 0 spiro atoms. The van der Waals surface area contributed by atoms with Crippen molar-refractivity contribution in [1.82, 2.24) is 20.0 Å². The van der Waals surface area contributed by atoms with Gasteiger partial charge in [-0.2, -0.15) is 11.8 Å². The molecule has 23 heavy (non-hydrogen) atoms. The Balaban J connectivity index is 0.00000192. The first-order valence-electron chi connectivity index (χ1n) is 8.33. The van der Waals surface area contributed by atoms with E-state index < -0.39 is 0 Å². The van der Waals surface area contributed by atoms with Crippen molar-refractivity contribution in [3.63, 3.8) is 0 Å². The summed E-state index contributed by atoms with van der Waals surface area (Å²) in [6.45, 7) is 6.52. The molecule has 0 bridgehead atoms. The minimum Gasteiger partial charge on any atom is -0.355 e. The van der Waals surface area contributed by atoms with E-state index in [-0.39, 0.29) is 29.9 Å². The zero-order valence-corrected chi connectivity index (χ0v) is 17.0. The fraction of sp³-hybridized carbons (Fsp3) is 0.867. The maximum Gasteiger partial charge on any atom is 0.242 e. The minimum atomic E-state index is 0. The van der Waals surface area contributed by atoms with Gasteiger partial charge in [-0.15, -0.1) is 24.0 Å². The molecule has 132 valence electrons. The van der Waals surface area contributed by atoms with Crippen LogP contribution < -0.4 is 5.32 Å². The second-order valence-electron chi connectivity index (χ2n) is 6.17. The first-order valence-corrected chi connectivity index (χ1v) is 9.48. The monoisotopic (exact) mass is 453 g/mol. The van der Waals surface area contributed by atoms with E-state index in [2.05, 4.69) is 25.0 Å². The second kappa shape index (κ2) is 9.31. The van der Waals surface area contributed by atoms with Gasteiger partial charge in [0.25, 0.3) is 0 Å². The highest BCUT2D eigenvalue weighted by Crippen LogP contribution is 2.27. The minimum absolute atomic E-state index is 0. The van der Waals surface area contributed by atoms with Crippen molar-refractivity contribution in [3.05, 3.63) is 0 Å². The first kappa shape index (κ1) is 19.1. The maximum atomic E-state index is 12.2. The lowest BCUT2D eigenvalue weighted by Gasteiger charge is -2.36. The summed E-state index contributed by atoms with van der Waals surface area (Å²) >= 11 is 2.04. The molecule has 0 aromatic carbocycles. The van der Waals surface area contributed by atoms with Crippen molar-refractivity contribution >= 4 is 47.6 Å². The highest BCUT2D eigenvalue weighted by atomic mass is 127. The molecule has 2 saturated heterocycles. The predicted octanol–water partition coefficient (Wildman–Crippen LogP) is 0.535. The number of halogens is 1. The van der Waals surface area contributed by atoms with Crippen LogP contribution in [-0.4, -0.2) is 97.0 Å².